The summed E-state index contributed by atoms with van der Waals surface area (Å²) >= 11 is 12.1. The largest absolute Gasteiger partial charge is 0.484 e. The smallest absolute Gasteiger partial charge is 0.261 e. The van der Waals surface area contributed by atoms with E-state index in [1.807, 2.05) is 49.4 Å². The molecule has 0 aliphatic heterocycles. The summed E-state index contributed by atoms with van der Waals surface area (Å²) in [7, 11) is 1.57. The van der Waals surface area contributed by atoms with Gasteiger partial charge in [0.15, 0.2) is 6.61 Å². The maximum atomic E-state index is 13.4. The Morgan fingerprint density at radius 3 is 2.30 bits per heavy atom. The van der Waals surface area contributed by atoms with E-state index in [1.54, 1.807) is 42.3 Å². The van der Waals surface area contributed by atoms with Crippen molar-refractivity contribution in [2.24, 2.45) is 0 Å². The van der Waals surface area contributed by atoms with Crippen LogP contribution in [0, 0.1) is 6.92 Å². The van der Waals surface area contributed by atoms with E-state index in [2.05, 4.69) is 5.32 Å². The lowest BCUT2D eigenvalue weighted by Gasteiger charge is -2.31. The molecular formula is C26H26Cl2N2O3. The van der Waals surface area contributed by atoms with Gasteiger partial charge in [0, 0.05) is 30.1 Å². The molecule has 0 saturated heterocycles. The Hall–Kier alpha value is -3.02. The normalized spacial score (nSPS) is 11.5. The second-order valence-corrected chi connectivity index (χ2v) is 8.51. The summed E-state index contributed by atoms with van der Waals surface area (Å²) in [4.78, 5) is 27.8. The zero-order chi connectivity index (χ0) is 23.8. The Bertz CT molecular complexity index is 1090. The summed E-state index contributed by atoms with van der Waals surface area (Å²) in [5, 5.41) is 3.92. The lowest BCUT2D eigenvalue weighted by Crippen LogP contribution is -2.51. The first-order valence-corrected chi connectivity index (χ1v) is 11.3. The van der Waals surface area contributed by atoms with Crippen molar-refractivity contribution in [3.63, 3.8) is 0 Å². The van der Waals surface area contributed by atoms with Crippen molar-refractivity contribution in [2.45, 2.75) is 25.9 Å². The molecule has 0 fully saturated rings. The molecule has 0 aliphatic carbocycles. The van der Waals surface area contributed by atoms with Crippen LogP contribution in [0.1, 0.15) is 16.7 Å². The SMILES string of the molecule is CNC(=O)[C@H](Cc1ccccc1)N(Cc1ccc(Cl)cc1)C(=O)COc1ccc(Cl)c(C)c1. The summed E-state index contributed by atoms with van der Waals surface area (Å²) in [6, 6.07) is 21.3. The Morgan fingerprint density at radius 2 is 1.67 bits per heavy atom. The fraction of sp³-hybridized carbons (Fsp3) is 0.231. The van der Waals surface area contributed by atoms with Gasteiger partial charge in [-0.1, -0.05) is 65.7 Å². The van der Waals surface area contributed by atoms with Gasteiger partial charge in [-0.3, -0.25) is 9.59 Å². The minimum atomic E-state index is -0.712. The highest BCUT2D eigenvalue weighted by atomic mass is 35.5. The molecule has 0 unspecified atom stereocenters. The summed E-state index contributed by atoms with van der Waals surface area (Å²) in [6.45, 7) is 1.90. The van der Waals surface area contributed by atoms with Gasteiger partial charge in [-0.25, -0.2) is 0 Å². The molecule has 0 saturated carbocycles. The van der Waals surface area contributed by atoms with Crippen LogP contribution in [-0.4, -0.2) is 36.4 Å². The van der Waals surface area contributed by atoms with E-state index in [0.29, 0.717) is 22.2 Å². The van der Waals surface area contributed by atoms with Crippen LogP contribution in [0.15, 0.2) is 72.8 Å². The highest BCUT2D eigenvalue weighted by molar-refractivity contribution is 6.31. The number of nitrogens with zero attached hydrogens (tertiary/aromatic N) is 1. The fourth-order valence-corrected chi connectivity index (χ4v) is 3.69. The van der Waals surface area contributed by atoms with E-state index in [0.717, 1.165) is 16.7 Å². The molecule has 3 rings (SSSR count). The number of aryl methyl sites for hydroxylation is 1. The van der Waals surface area contributed by atoms with E-state index >= 15 is 0 Å². The highest BCUT2D eigenvalue weighted by Gasteiger charge is 2.30. The molecule has 0 bridgehead atoms. The maximum Gasteiger partial charge on any atom is 0.261 e. The van der Waals surface area contributed by atoms with Crippen LogP contribution < -0.4 is 10.1 Å². The molecule has 1 N–H and O–H groups in total. The van der Waals surface area contributed by atoms with Gasteiger partial charge in [0.1, 0.15) is 11.8 Å². The number of amides is 2. The second kappa shape index (κ2) is 11.7. The quantitative estimate of drug-likeness (QED) is 0.461. The van der Waals surface area contributed by atoms with E-state index in [9.17, 15) is 9.59 Å². The Balaban J connectivity index is 1.86. The number of ether oxygens (including phenoxy) is 1. The number of benzene rings is 3. The van der Waals surface area contributed by atoms with Gasteiger partial charge >= 0.3 is 0 Å². The van der Waals surface area contributed by atoms with Gasteiger partial charge in [0.05, 0.1) is 0 Å². The van der Waals surface area contributed by atoms with Crippen LogP contribution in [0.4, 0.5) is 0 Å². The highest BCUT2D eigenvalue weighted by Crippen LogP contribution is 2.22. The van der Waals surface area contributed by atoms with Crippen LogP contribution in [0.2, 0.25) is 10.0 Å². The molecule has 0 heterocycles. The van der Waals surface area contributed by atoms with E-state index < -0.39 is 6.04 Å². The lowest BCUT2D eigenvalue weighted by molar-refractivity contribution is -0.142. The number of nitrogens with one attached hydrogen (secondary N) is 1. The predicted octanol–water partition coefficient (Wildman–Crippen LogP) is 5.07. The number of hydrogen-bond acceptors (Lipinski definition) is 3. The monoisotopic (exact) mass is 484 g/mol. The molecule has 1 atom stereocenters. The van der Waals surface area contributed by atoms with Gasteiger partial charge in [0.25, 0.3) is 5.91 Å². The summed E-state index contributed by atoms with van der Waals surface area (Å²) < 4.78 is 5.75. The van der Waals surface area contributed by atoms with Crippen LogP contribution in [0.3, 0.4) is 0 Å². The minimum absolute atomic E-state index is 0.211. The number of likely N-dealkylation sites (N-methyl/N-ethyl adjacent to an activating group) is 1. The molecule has 0 spiro atoms. The zero-order valence-corrected chi connectivity index (χ0v) is 20.1. The van der Waals surface area contributed by atoms with Crippen molar-refractivity contribution in [1.29, 1.82) is 0 Å². The first kappa shape index (κ1) is 24.6. The zero-order valence-electron chi connectivity index (χ0n) is 18.6. The van der Waals surface area contributed by atoms with Crippen molar-refractivity contribution in [3.05, 3.63) is 99.5 Å². The van der Waals surface area contributed by atoms with Crippen molar-refractivity contribution in [2.75, 3.05) is 13.7 Å². The van der Waals surface area contributed by atoms with Crippen molar-refractivity contribution >= 4 is 35.0 Å². The number of carbonyl (C=O) groups excluding carboxylic acids is 2. The molecule has 0 aromatic heterocycles. The molecule has 0 radical (unpaired) electrons. The van der Waals surface area contributed by atoms with Gasteiger partial charge < -0.3 is 15.0 Å². The molecule has 0 aliphatic rings. The van der Waals surface area contributed by atoms with Crippen LogP contribution >= 0.6 is 23.2 Å². The van der Waals surface area contributed by atoms with E-state index in [-0.39, 0.29) is 25.0 Å². The number of halogens is 2. The Morgan fingerprint density at radius 1 is 0.970 bits per heavy atom. The topological polar surface area (TPSA) is 58.6 Å². The maximum absolute atomic E-state index is 13.4. The Labute approximate surface area is 204 Å². The van der Waals surface area contributed by atoms with Crippen LogP contribution in [0.5, 0.6) is 5.75 Å². The van der Waals surface area contributed by atoms with Gasteiger partial charge in [-0.2, -0.15) is 0 Å². The van der Waals surface area contributed by atoms with Gasteiger partial charge in [-0.05, 0) is 53.9 Å². The third kappa shape index (κ3) is 6.98. The predicted molar refractivity (Wildman–Crippen MR) is 132 cm³/mol. The lowest BCUT2D eigenvalue weighted by atomic mass is 10.0. The summed E-state index contributed by atoms with van der Waals surface area (Å²) in [6.07, 6.45) is 0.375. The first-order chi connectivity index (χ1) is 15.9. The van der Waals surface area contributed by atoms with E-state index in [1.165, 1.54) is 0 Å². The third-order valence-electron chi connectivity index (χ3n) is 5.28. The van der Waals surface area contributed by atoms with Crippen molar-refractivity contribution in [3.8, 4) is 5.75 Å². The number of hydrogen-bond donors (Lipinski definition) is 1. The molecule has 33 heavy (non-hydrogen) atoms. The fourth-order valence-electron chi connectivity index (χ4n) is 3.44. The first-order valence-electron chi connectivity index (χ1n) is 10.6. The number of rotatable bonds is 9. The Kier molecular flexibility index (Phi) is 8.75. The average molecular weight is 485 g/mol. The van der Waals surface area contributed by atoms with Crippen molar-refractivity contribution in [1.82, 2.24) is 10.2 Å². The second-order valence-electron chi connectivity index (χ2n) is 7.67. The van der Waals surface area contributed by atoms with Crippen LogP contribution in [-0.2, 0) is 22.6 Å². The minimum Gasteiger partial charge on any atom is -0.484 e. The molecular weight excluding hydrogens is 459 g/mol. The van der Waals surface area contributed by atoms with Crippen LogP contribution in [0.25, 0.3) is 0 Å². The molecule has 3 aromatic rings. The molecule has 7 heteroatoms. The third-order valence-corrected chi connectivity index (χ3v) is 5.95. The average Bonchev–Trinajstić information content (AvgIpc) is 2.83. The molecule has 2 amide bonds. The molecule has 3 aromatic carbocycles. The summed E-state index contributed by atoms with van der Waals surface area (Å²) in [5.41, 5.74) is 2.67. The molecule has 172 valence electrons. The van der Waals surface area contributed by atoms with E-state index in [4.69, 9.17) is 27.9 Å². The summed E-state index contributed by atoms with van der Waals surface area (Å²) in [5.74, 6) is -0.0122. The van der Waals surface area contributed by atoms with Gasteiger partial charge in [-0.15, -0.1) is 0 Å². The standard InChI is InChI=1S/C26H26Cl2N2O3/c1-18-14-22(12-13-23(18)28)33-17-25(31)30(16-20-8-10-21(27)11-9-20)24(26(32)29-2)15-19-6-4-3-5-7-19/h3-14,24H,15-17H2,1-2H3,(H,29,32)/t24-/m0/s1. The number of carbonyl (C=O) groups is 2. The van der Waals surface area contributed by atoms with Gasteiger partial charge in [0.2, 0.25) is 5.91 Å². The molecule has 5 nitrogen and oxygen atoms in total. The van der Waals surface area contributed by atoms with Crippen molar-refractivity contribution < 1.29 is 14.3 Å².